The lowest BCUT2D eigenvalue weighted by Crippen LogP contribution is -2.53. The van der Waals surface area contributed by atoms with Gasteiger partial charge in [-0.3, -0.25) is 19.2 Å². The van der Waals surface area contributed by atoms with Crippen LogP contribution >= 0.6 is 0 Å². The van der Waals surface area contributed by atoms with E-state index in [0.29, 0.717) is 35.2 Å². The van der Waals surface area contributed by atoms with Crippen molar-refractivity contribution in [1.82, 2.24) is 15.1 Å². The van der Waals surface area contributed by atoms with Gasteiger partial charge in [0.1, 0.15) is 12.1 Å². The highest BCUT2D eigenvalue weighted by Gasteiger charge is 2.52. The molecule has 1 N–H and O–H groups in total. The minimum Gasteiger partial charge on any atom is -0.619 e. The molecule has 9 heteroatoms. The molecular weight excluding hydrogens is 484 g/mol. The molecule has 3 amide bonds. The van der Waals surface area contributed by atoms with Crippen molar-refractivity contribution in [2.45, 2.75) is 71.0 Å². The van der Waals surface area contributed by atoms with Gasteiger partial charge < -0.3 is 20.3 Å². The fraction of sp³-hybridized carbons (Fsp3) is 0.483. The van der Waals surface area contributed by atoms with Crippen molar-refractivity contribution < 1.29 is 23.9 Å². The number of pyridine rings is 1. The third-order valence-electron chi connectivity index (χ3n) is 7.34. The molecular formula is C29H36N4O5. The first-order chi connectivity index (χ1) is 17.9. The van der Waals surface area contributed by atoms with Crippen molar-refractivity contribution in [3.63, 3.8) is 0 Å². The first kappa shape index (κ1) is 27.3. The third-order valence-corrected chi connectivity index (χ3v) is 7.34. The van der Waals surface area contributed by atoms with E-state index in [1.165, 1.54) is 34.3 Å². The molecule has 9 nitrogen and oxygen atoms in total. The SMILES string of the molecule is CC(C)CC(NC(=O)c1ccc(C(C)(C)C)cc1)C(=O)N1CCC2C1C(=O)CN2C(=O)c1cc[n+]([O-])cc1. The number of ketones is 1. The maximum Gasteiger partial charge on any atom is 0.255 e. The van der Waals surface area contributed by atoms with Crippen molar-refractivity contribution in [3.8, 4) is 0 Å². The first-order valence-corrected chi connectivity index (χ1v) is 13.1. The highest BCUT2D eigenvalue weighted by molar-refractivity contribution is 6.03. The van der Waals surface area contributed by atoms with Crippen LogP contribution in [0.3, 0.4) is 0 Å². The number of hydrogen-bond acceptors (Lipinski definition) is 5. The van der Waals surface area contributed by atoms with Crippen LogP contribution in [0, 0.1) is 11.1 Å². The second-order valence-corrected chi connectivity index (χ2v) is 11.7. The van der Waals surface area contributed by atoms with Crippen LogP contribution in [0.1, 0.15) is 73.7 Å². The van der Waals surface area contributed by atoms with E-state index in [1.807, 2.05) is 26.0 Å². The zero-order chi connectivity index (χ0) is 27.8. The maximum absolute atomic E-state index is 13.7. The predicted molar refractivity (Wildman–Crippen MR) is 141 cm³/mol. The monoisotopic (exact) mass is 520 g/mol. The predicted octanol–water partition coefficient (Wildman–Crippen LogP) is 2.46. The van der Waals surface area contributed by atoms with Crippen LogP contribution in [0.4, 0.5) is 0 Å². The first-order valence-electron chi connectivity index (χ1n) is 13.1. The van der Waals surface area contributed by atoms with Gasteiger partial charge in [0.15, 0.2) is 18.2 Å². The number of fused-ring (bicyclic) bond motifs is 1. The van der Waals surface area contributed by atoms with E-state index in [4.69, 9.17) is 0 Å². The summed E-state index contributed by atoms with van der Waals surface area (Å²) in [7, 11) is 0. The van der Waals surface area contributed by atoms with Crippen molar-refractivity contribution in [2.24, 2.45) is 5.92 Å². The van der Waals surface area contributed by atoms with Crippen LogP contribution in [-0.4, -0.2) is 64.5 Å². The molecule has 0 aliphatic carbocycles. The molecule has 1 aromatic carbocycles. The summed E-state index contributed by atoms with van der Waals surface area (Å²) in [4.78, 5) is 56.0. The van der Waals surface area contributed by atoms with Gasteiger partial charge in [0.25, 0.3) is 11.8 Å². The Morgan fingerprint density at radius 3 is 2.24 bits per heavy atom. The summed E-state index contributed by atoms with van der Waals surface area (Å²) in [5.41, 5.74) is 1.85. The molecule has 3 atom stereocenters. The number of Topliss-reactive ketones (excluding diaryl/α,β-unsaturated/α-hetero) is 1. The topological polar surface area (TPSA) is 114 Å². The average molecular weight is 521 g/mol. The van der Waals surface area contributed by atoms with E-state index < -0.39 is 18.1 Å². The number of amides is 3. The summed E-state index contributed by atoms with van der Waals surface area (Å²) < 4.78 is 0.590. The molecule has 0 radical (unpaired) electrons. The highest BCUT2D eigenvalue weighted by Crippen LogP contribution is 2.32. The van der Waals surface area contributed by atoms with Crippen LogP contribution in [0.5, 0.6) is 0 Å². The maximum atomic E-state index is 13.7. The molecule has 1 aromatic heterocycles. The quantitative estimate of drug-likeness (QED) is 0.464. The van der Waals surface area contributed by atoms with E-state index in [0.717, 1.165) is 5.56 Å². The van der Waals surface area contributed by atoms with E-state index >= 15 is 0 Å². The Kier molecular flexibility index (Phi) is 7.58. The lowest BCUT2D eigenvalue weighted by molar-refractivity contribution is -0.605. The smallest absolute Gasteiger partial charge is 0.255 e. The van der Waals surface area contributed by atoms with Crippen LogP contribution in [0.2, 0.25) is 0 Å². The van der Waals surface area contributed by atoms with E-state index in [-0.39, 0.29) is 41.4 Å². The van der Waals surface area contributed by atoms with Gasteiger partial charge in [0, 0.05) is 24.2 Å². The second kappa shape index (κ2) is 10.6. The minimum atomic E-state index is -0.789. The van der Waals surface area contributed by atoms with Crippen molar-refractivity contribution in [2.75, 3.05) is 13.1 Å². The van der Waals surface area contributed by atoms with Crippen LogP contribution in [0.25, 0.3) is 0 Å². The zero-order valence-electron chi connectivity index (χ0n) is 22.6. The van der Waals surface area contributed by atoms with Crippen molar-refractivity contribution in [3.05, 3.63) is 70.7 Å². The second-order valence-electron chi connectivity index (χ2n) is 11.7. The molecule has 0 spiro atoms. The Morgan fingerprint density at radius 1 is 1.03 bits per heavy atom. The fourth-order valence-corrected chi connectivity index (χ4v) is 5.32. The van der Waals surface area contributed by atoms with Gasteiger partial charge in [-0.15, -0.1) is 0 Å². The summed E-state index contributed by atoms with van der Waals surface area (Å²) >= 11 is 0. The molecule has 3 unspecified atom stereocenters. The summed E-state index contributed by atoms with van der Waals surface area (Å²) in [5, 5.41) is 14.2. The number of carbonyl (C=O) groups is 4. The van der Waals surface area contributed by atoms with E-state index in [2.05, 4.69) is 26.1 Å². The number of hydrogen-bond donors (Lipinski definition) is 1. The number of rotatable bonds is 6. The Bertz CT molecular complexity index is 1220. The molecule has 2 fully saturated rings. The van der Waals surface area contributed by atoms with Gasteiger partial charge in [0.05, 0.1) is 18.2 Å². The third kappa shape index (κ3) is 5.56. The van der Waals surface area contributed by atoms with Crippen molar-refractivity contribution in [1.29, 1.82) is 0 Å². The van der Waals surface area contributed by atoms with Crippen LogP contribution < -0.4 is 10.0 Å². The number of likely N-dealkylation sites (tertiary alicyclic amines) is 2. The molecule has 38 heavy (non-hydrogen) atoms. The zero-order valence-corrected chi connectivity index (χ0v) is 22.6. The number of carbonyl (C=O) groups excluding carboxylic acids is 4. The summed E-state index contributed by atoms with van der Waals surface area (Å²) in [6.07, 6.45) is 3.37. The Balaban J connectivity index is 1.50. The van der Waals surface area contributed by atoms with E-state index in [9.17, 15) is 24.4 Å². The van der Waals surface area contributed by atoms with Crippen LogP contribution in [-0.2, 0) is 15.0 Å². The summed E-state index contributed by atoms with van der Waals surface area (Å²) in [5.74, 6) is -1.05. The molecule has 4 rings (SSSR count). The Hall–Kier alpha value is -3.75. The highest BCUT2D eigenvalue weighted by atomic mass is 16.5. The summed E-state index contributed by atoms with van der Waals surface area (Å²) in [6.45, 7) is 10.5. The largest absolute Gasteiger partial charge is 0.619 e. The lowest BCUT2D eigenvalue weighted by atomic mass is 9.86. The number of nitrogens with zero attached hydrogens (tertiary/aromatic N) is 3. The molecule has 2 saturated heterocycles. The number of nitrogens with one attached hydrogen (secondary N) is 1. The van der Waals surface area contributed by atoms with Gasteiger partial charge in [-0.05, 0) is 41.9 Å². The number of benzene rings is 1. The molecule has 202 valence electrons. The van der Waals surface area contributed by atoms with Gasteiger partial charge in [-0.25, -0.2) is 0 Å². The molecule has 2 aliphatic heterocycles. The number of aromatic nitrogens is 1. The van der Waals surface area contributed by atoms with E-state index in [1.54, 1.807) is 12.1 Å². The standard InChI is InChI=1S/C29H36N4O5/c1-18(2)16-22(30-26(35)19-6-8-21(9-7-19)29(3,4)5)28(37)32-15-12-23-25(32)24(34)17-33(23)27(36)20-10-13-31(38)14-11-20/h6-11,13-14,18,22-23,25H,12,15-17H2,1-5H3,(H,30,35). The molecule has 2 aliphatic rings. The van der Waals surface area contributed by atoms with Gasteiger partial charge >= 0.3 is 0 Å². The summed E-state index contributed by atoms with van der Waals surface area (Å²) in [6, 6.07) is 8.26. The van der Waals surface area contributed by atoms with Gasteiger partial charge in [0.2, 0.25) is 5.91 Å². The Morgan fingerprint density at radius 2 is 1.66 bits per heavy atom. The van der Waals surface area contributed by atoms with Crippen molar-refractivity contribution >= 4 is 23.5 Å². The normalized spacial score (nSPS) is 20.0. The molecule has 2 aromatic rings. The molecule has 0 saturated carbocycles. The van der Waals surface area contributed by atoms with Gasteiger partial charge in [-0.2, -0.15) is 4.73 Å². The molecule has 3 heterocycles. The lowest BCUT2D eigenvalue weighted by Gasteiger charge is -2.29. The Labute approximate surface area is 223 Å². The minimum absolute atomic E-state index is 0.0427. The van der Waals surface area contributed by atoms with Crippen LogP contribution in [0.15, 0.2) is 48.8 Å². The van der Waals surface area contributed by atoms with Gasteiger partial charge in [-0.1, -0.05) is 46.8 Å². The average Bonchev–Trinajstić information content (AvgIpc) is 3.44. The fourth-order valence-electron chi connectivity index (χ4n) is 5.32. The molecule has 0 bridgehead atoms.